The number of likely N-dealkylation sites (tertiary alicyclic amines) is 1. The second kappa shape index (κ2) is 6.45. The van der Waals surface area contributed by atoms with E-state index in [0.29, 0.717) is 16.6 Å². The van der Waals surface area contributed by atoms with Gasteiger partial charge in [0.25, 0.3) is 5.56 Å². The van der Waals surface area contributed by atoms with Gasteiger partial charge in [-0.3, -0.25) is 4.79 Å². The van der Waals surface area contributed by atoms with E-state index in [1.807, 2.05) is 0 Å². The smallest absolute Gasteiger partial charge is 0.410 e. The van der Waals surface area contributed by atoms with E-state index in [4.69, 9.17) is 16.3 Å². The van der Waals surface area contributed by atoms with Crippen molar-refractivity contribution in [3.05, 3.63) is 32.8 Å². The molecule has 1 unspecified atom stereocenters. The Kier molecular flexibility index (Phi) is 4.68. The molecule has 1 saturated heterocycles. The molecule has 27 heavy (non-hydrogen) atoms. The molecule has 8 nitrogen and oxygen atoms in total. The van der Waals surface area contributed by atoms with Crippen LogP contribution in [0, 0.1) is 6.92 Å². The Morgan fingerprint density at radius 2 is 2.04 bits per heavy atom. The summed E-state index contributed by atoms with van der Waals surface area (Å²) in [7, 11) is 1.60. The number of halogens is 1. The zero-order valence-electron chi connectivity index (χ0n) is 16.0. The van der Waals surface area contributed by atoms with E-state index < -0.39 is 17.3 Å². The Bertz CT molecular complexity index is 982. The number of ether oxygens (including phenoxy) is 1. The van der Waals surface area contributed by atoms with E-state index in [2.05, 4.69) is 10.2 Å². The monoisotopic (exact) mass is 394 g/mol. The van der Waals surface area contributed by atoms with Crippen molar-refractivity contribution >= 4 is 28.6 Å². The van der Waals surface area contributed by atoms with Crippen LogP contribution in [0.5, 0.6) is 0 Å². The zero-order valence-corrected chi connectivity index (χ0v) is 16.8. The first-order valence-electron chi connectivity index (χ1n) is 8.66. The third-order valence-electron chi connectivity index (χ3n) is 4.67. The zero-order chi connectivity index (χ0) is 20.1. The Hall–Kier alpha value is -2.19. The molecule has 0 bridgehead atoms. The van der Waals surface area contributed by atoms with Crippen molar-refractivity contribution in [2.24, 2.45) is 7.05 Å². The fourth-order valence-electron chi connectivity index (χ4n) is 3.38. The number of carbonyl (C=O) groups excluding carboxylic acids is 1. The minimum Gasteiger partial charge on any atom is -0.444 e. The molecule has 146 valence electrons. The molecule has 3 heterocycles. The van der Waals surface area contributed by atoms with Crippen LogP contribution in [-0.4, -0.2) is 49.6 Å². The molecule has 0 aromatic carbocycles. The number of aliphatic hydroxyl groups is 1. The van der Waals surface area contributed by atoms with Gasteiger partial charge in [-0.1, -0.05) is 11.6 Å². The molecule has 1 aliphatic rings. The molecule has 9 heteroatoms. The maximum Gasteiger partial charge on any atom is 0.410 e. The summed E-state index contributed by atoms with van der Waals surface area (Å²) < 4.78 is 6.77. The van der Waals surface area contributed by atoms with Gasteiger partial charge in [-0.25, -0.2) is 4.79 Å². The highest BCUT2D eigenvalue weighted by Crippen LogP contribution is 2.33. The quantitative estimate of drug-likeness (QED) is 0.795. The van der Waals surface area contributed by atoms with Crippen LogP contribution in [0.4, 0.5) is 4.79 Å². The number of rotatable bonds is 1. The summed E-state index contributed by atoms with van der Waals surface area (Å²) in [6, 6.07) is 1.56. The Morgan fingerprint density at radius 3 is 2.67 bits per heavy atom. The summed E-state index contributed by atoms with van der Waals surface area (Å²) >= 11 is 6.17. The van der Waals surface area contributed by atoms with Crippen LogP contribution in [0.15, 0.2) is 10.9 Å². The first-order valence-corrected chi connectivity index (χ1v) is 9.04. The van der Waals surface area contributed by atoms with Gasteiger partial charge in [-0.15, -0.1) is 5.10 Å². The van der Waals surface area contributed by atoms with Crippen molar-refractivity contribution in [1.82, 2.24) is 19.7 Å². The molecule has 2 aromatic heterocycles. The molecule has 2 aromatic rings. The molecule has 0 saturated carbocycles. The van der Waals surface area contributed by atoms with Crippen molar-refractivity contribution in [3.63, 3.8) is 0 Å². The van der Waals surface area contributed by atoms with Crippen LogP contribution in [0.3, 0.4) is 0 Å². The van der Waals surface area contributed by atoms with Crippen molar-refractivity contribution < 1.29 is 14.6 Å². The fourth-order valence-corrected chi connectivity index (χ4v) is 3.56. The normalized spacial score (nSPS) is 20.3. The number of β-amino-alcohol motifs (C(OH)–C–C–N with tert-alkyl or cyclic N) is 1. The van der Waals surface area contributed by atoms with Crippen molar-refractivity contribution in [2.75, 3.05) is 13.1 Å². The van der Waals surface area contributed by atoms with E-state index in [0.717, 1.165) is 0 Å². The topological polar surface area (TPSA) is 97.6 Å². The Balaban J connectivity index is 2.03. The standard InChI is InChI=1S/C18H23ClN4O4/c1-10-13-11(14(19)21-20-10)8-12(15(24)22(13)5)18(26)6-7-23(9-18)16(25)27-17(2,3)4/h8,26H,6-7,9H2,1-5H3. The highest BCUT2D eigenvalue weighted by molar-refractivity contribution is 6.34. The van der Waals surface area contributed by atoms with Gasteiger partial charge in [0, 0.05) is 25.4 Å². The molecule has 0 radical (unpaired) electrons. The van der Waals surface area contributed by atoms with Gasteiger partial charge in [0.15, 0.2) is 5.15 Å². The maximum absolute atomic E-state index is 12.9. The molecule has 1 fully saturated rings. The molecule has 1 amide bonds. The lowest BCUT2D eigenvalue weighted by molar-refractivity contribution is 0.0135. The molecular formula is C18H23ClN4O4. The van der Waals surface area contributed by atoms with Crippen molar-refractivity contribution in [1.29, 1.82) is 0 Å². The molecule has 1 atom stereocenters. The summed E-state index contributed by atoms with van der Waals surface area (Å²) in [5, 5.41) is 19.7. The number of fused-ring (bicyclic) bond motifs is 1. The second-order valence-corrected chi connectivity index (χ2v) is 8.30. The van der Waals surface area contributed by atoms with E-state index >= 15 is 0 Å². The number of aromatic nitrogens is 3. The van der Waals surface area contributed by atoms with E-state index in [1.54, 1.807) is 40.8 Å². The summed E-state index contributed by atoms with van der Waals surface area (Å²) in [6.07, 6.45) is -0.293. The minimum absolute atomic E-state index is 0.0300. The van der Waals surface area contributed by atoms with Crippen LogP contribution >= 0.6 is 11.6 Å². The number of pyridine rings is 1. The average Bonchev–Trinajstić information content (AvgIpc) is 2.95. The number of nitrogens with zero attached hydrogens (tertiary/aromatic N) is 4. The highest BCUT2D eigenvalue weighted by atomic mass is 35.5. The van der Waals surface area contributed by atoms with Crippen LogP contribution < -0.4 is 5.56 Å². The van der Waals surface area contributed by atoms with Crippen LogP contribution in [0.2, 0.25) is 5.15 Å². The molecule has 1 N–H and O–H groups in total. The lowest BCUT2D eigenvalue weighted by atomic mass is 9.93. The predicted molar refractivity (Wildman–Crippen MR) is 101 cm³/mol. The van der Waals surface area contributed by atoms with Crippen LogP contribution in [-0.2, 0) is 17.4 Å². The molecule has 1 aliphatic heterocycles. The summed E-state index contributed by atoms with van der Waals surface area (Å²) in [6.45, 7) is 7.32. The SMILES string of the molecule is Cc1nnc(Cl)c2cc(C3(O)CCN(C(=O)OC(C)(C)C)C3)c(=O)n(C)c12. The third kappa shape index (κ3) is 3.51. The third-order valence-corrected chi connectivity index (χ3v) is 4.95. The summed E-state index contributed by atoms with van der Waals surface area (Å²) in [5.41, 5.74) is -1.18. The number of hydrogen-bond donors (Lipinski definition) is 1. The first-order chi connectivity index (χ1) is 12.4. The van der Waals surface area contributed by atoms with Gasteiger partial charge in [0.05, 0.1) is 23.3 Å². The number of hydrogen-bond acceptors (Lipinski definition) is 6. The maximum atomic E-state index is 12.9. The van der Waals surface area contributed by atoms with Crippen LogP contribution in [0.1, 0.15) is 38.4 Å². The molecule has 3 rings (SSSR count). The van der Waals surface area contributed by atoms with Crippen molar-refractivity contribution in [2.45, 2.75) is 45.3 Å². The van der Waals surface area contributed by atoms with Gasteiger partial charge < -0.3 is 19.3 Å². The number of carbonyl (C=O) groups is 1. The van der Waals surface area contributed by atoms with Gasteiger partial charge in [0.2, 0.25) is 0 Å². The van der Waals surface area contributed by atoms with Crippen LogP contribution in [0.25, 0.3) is 10.9 Å². The van der Waals surface area contributed by atoms with Gasteiger partial charge in [-0.05, 0) is 33.8 Å². The summed E-state index contributed by atoms with van der Waals surface area (Å²) in [5.74, 6) is 0. The number of aryl methyl sites for hydroxylation is 2. The Labute approximate surface area is 161 Å². The largest absolute Gasteiger partial charge is 0.444 e. The molecule has 0 aliphatic carbocycles. The van der Waals surface area contributed by atoms with Crippen molar-refractivity contribution in [3.8, 4) is 0 Å². The van der Waals surface area contributed by atoms with E-state index in [9.17, 15) is 14.7 Å². The van der Waals surface area contributed by atoms with Gasteiger partial charge in [-0.2, -0.15) is 5.10 Å². The van der Waals surface area contributed by atoms with Gasteiger partial charge >= 0.3 is 6.09 Å². The average molecular weight is 395 g/mol. The fraction of sp³-hybridized carbons (Fsp3) is 0.556. The lowest BCUT2D eigenvalue weighted by Crippen LogP contribution is -2.41. The Morgan fingerprint density at radius 1 is 1.37 bits per heavy atom. The summed E-state index contributed by atoms with van der Waals surface area (Å²) in [4.78, 5) is 26.6. The van der Waals surface area contributed by atoms with E-state index in [1.165, 1.54) is 9.47 Å². The molecule has 0 spiro atoms. The second-order valence-electron chi connectivity index (χ2n) is 7.94. The first kappa shape index (κ1) is 19.6. The number of amides is 1. The van der Waals surface area contributed by atoms with Gasteiger partial charge in [0.1, 0.15) is 11.2 Å². The van der Waals surface area contributed by atoms with E-state index in [-0.39, 0.29) is 35.8 Å². The lowest BCUT2D eigenvalue weighted by Gasteiger charge is -2.26. The molecular weight excluding hydrogens is 372 g/mol. The highest BCUT2D eigenvalue weighted by Gasteiger charge is 2.43. The minimum atomic E-state index is -1.49. The predicted octanol–water partition coefficient (Wildman–Crippen LogP) is 2.12.